The van der Waals surface area contributed by atoms with Crippen LogP contribution in [0.1, 0.15) is 46.5 Å². The molecule has 1 N–H and O–H groups in total. The maximum absolute atomic E-state index is 5.90. The zero-order valence-electron chi connectivity index (χ0n) is 12.5. The number of para-hydroxylation sites is 2. The van der Waals surface area contributed by atoms with Gasteiger partial charge in [0.25, 0.3) is 0 Å². The van der Waals surface area contributed by atoms with E-state index in [4.69, 9.17) is 4.74 Å². The first-order chi connectivity index (χ1) is 9.19. The fourth-order valence-corrected chi connectivity index (χ4v) is 2.76. The number of hydrogen-bond donors (Lipinski definition) is 1. The molecule has 19 heavy (non-hydrogen) atoms. The van der Waals surface area contributed by atoms with Crippen LogP contribution in [0.5, 0.6) is 5.75 Å². The summed E-state index contributed by atoms with van der Waals surface area (Å²) in [6.45, 7) is 7.44. The lowest BCUT2D eigenvalue weighted by atomic mass is 10.1. The van der Waals surface area contributed by atoms with E-state index >= 15 is 0 Å². The van der Waals surface area contributed by atoms with Crippen LogP contribution in [0.3, 0.4) is 0 Å². The van der Waals surface area contributed by atoms with Crippen molar-refractivity contribution in [3.05, 3.63) is 24.3 Å². The monoisotopic (exact) mass is 261 g/mol. The third-order valence-electron chi connectivity index (χ3n) is 3.94. The normalized spacial score (nSPS) is 22.7. The van der Waals surface area contributed by atoms with Crippen LogP contribution in [0.2, 0.25) is 0 Å². The van der Waals surface area contributed by atoms with Crippen molar-refractivity contribution in [2.45, 2.75) is 52.5 Å². The molecule has 1 fully saturated rings. The Morgan fingerprint density at radius 1 is 1.26 bits per heavy atom. The maximum atomic E-state index is 5.90. The number of anilines is 1. The highest BCUT2D eigenvalue weighted by Crippen LogP contribution is 2.33. The highest BCUT2D eigenvalue weighted by Gasteiger charge is 2.23. The lowest BCUT2D eigenvalue weighted by Crippen LogP contribution is -2.16. The van der Waals surface area contributed by atoms with Crippen molar-refractivity contribution in [2.24, 2.45) is 11.8 Å². The molecule has 0 amide bonds. The van der Waals surface area contributed by atoms with Crippen LogP contribution in [-0.4, -0.2) is 12.6 Å². The van der Waals surface area contributed by atoms with Gasteiger partial charge in [0.15, 0.2) is 0 Å². The van der Waals surface area contributed by atoms with Gasteiger partial charge >= 0.3 is 0 Å². The Kier molecular flexibility index (Phi) is 5.12. The average Bonchev–Trinajstić information content (AvgIpc) is 2.85. The van der Waals surface area contributed by atoms with Gasteiger partial charge in [0.2, 0.25) is 0 Å². The molecule has 1 aliphatic rings. The summed E-state index contributed by atoms with van der Waals surface area (Å²) in [5, 5.41) is 3.67. The topological polar surface area (TPSA) is 21.3 Å². The first-order valence-electron chi connectivity index (χ1n) is 7.67. The Morgan fingerprint density at radius 3 is 2.74 bits per heavy atom. The van der Waals surface area contributed by atoms with Crippen LogP contribution < -0.4 is 10.1 Å². The van der Waals surface area contributed by atoms with Gasteiger partial charge in [-0.1, -0.05) is 39.3 Å². The predicted molar refractivity (Wildman–Crippen MR) is 81.8 cm³/mol. The number of hydrogen-bond acceptors (Lipinski definition) is 2. The molecular formula is C17H27NO. The largest absolute Gasteiger partial charge is 0.491 e. The van der Waals surface area contributed by atoms with Crippen molar-refractivity contribution < 1.29 is 4.74 Å². The summed E-state index contributed by atoms with van der Waals surface area (Å²) in [5.74, 6) is 2.46. The van der Waals surface area contributed by atoms with Gasteiger partial charge in [0, 0.05) is 6.04 Å². The first-order valence-corrected chi connectivity index (χ1v) is 7.67. The highest BCUT2D eigenvalue weighted by molar-refractivity contribution is 5.56. The van der Waals surface area contributed by atoms with E-state index in [0.29, 0.717) is 12.0 Å². The molecule has 1 aliphatic carbocycles. The van der Waals surface area contributed by atoms with Crippen molar-refractivity contribution in [3.63, 3.8) is 0 Å². The second-order valence-electron chi connectivity index (χ2n) is 6.13. The SMILES string of the molecule is CCC1CCC(Nc2ccccc2OCC(C)C)C1. The fourth-order valence-electron chi connectivity index (χ4n) is 2.76. The fraction of sp³-hybridized carbons (Fsp3) is 0.647. The van der Waals surface area contributed by atoms with E-state index in [9.17, 15) is 0 Å². The summed E-state index contributed by atoms with van der Waals surface area (Å²) in [6.07, 6.45) is 5.26. The standard InChI is InChI=1S/C17H27NO/c1-4-14-9-10-15(11-14)18-16-7-5-6-8-17(16)19-12-13(2)3/h5-8,13-15,18H,4,9-12H2,1-3H3. The van der Waals surface area contributed by atoms with E-state index < -0.39 is 0 Å². The Labute approximate surface area is 117 Å². The molecule has 2 rings (SSSR count). The van der Waals surface area contributed by atoms with Crippen molar-refractivity contribution in [1.29, 1.82) is 0 Å². The molecular weight excluding hydrogens is 234 g/mol. The summed E-state index contributed by atoms with van der Waals surface area (Å²) in [4.78, 5) is 0. The quantitative estimate of drug-likeness (QED) is 0.800. The maximum Gasteiger partial charge on any atom is 0.142 e. The van der Waals surface area contributed by atoms with Gasteiger partial charge in [-0.05, 0) is 43.2 Å². The van der Waals surface area contributed by atoms with Crippen molar-refractivity contribution >= 4 is 5.69 Å². The van der Waals surface area contributed by atoms with Crippen LogP contribution in [-0.2, 0) is 0 Å². The summed E-state index contributed by atoms with van der Waals surface area (Å²) < 4.78 is 5.90. The van der Waals surface area contributed by atoms with Gasteiger partial charge in [0.1, 0.15) is 5.75 Å². The number of nitrogens with one attached hydrogen (secondary N) is 1. The minimum Gasteiger partial charge on any atom is -0.491 e. The number of benzene rings is 1. The highest BCUT2D eigenvalue weighted by atomic mass is 16.5. The number of rotatable bonds is 6. The Bertz CT molecular complexity index is 389. The molecule has 0 bridgehead atoms. The Balaban J connectivity index is 1.96. The van der Waals surface area contributed by atoms with Crippen LogP contribution in [0.4, 0.5) is 5.69 Å². The molecule has 2 atom stereocenters. The van der Waals surface area contributed by atoms with Crippen molar-refractivity contribution in [3.8, 4) is 5.75 Å². The third kappa shape index (κ3) is 4.15. The molecule has 0 saturated heterocycles. The summed E-state index contributed by atoms with van der Waals surface area (Å²) in [5.41, 5.74) is 1.16. The van der Waals surface area contributed by atoms with Crippen LogP contribution >= 0.6 is 0 Å². The van der Waals surface area contributed by atoms with Gasteiger partial charge in [0.05, 0.1) is 12.3 Å². The number of ether oxygens (including phenoxy) is 1. The zero-order valence-corrected chi connectivity index (χ0v) is 12.5. The molecule has 0 aromatic heterocycles. The van der Waals surface area contributed by atoms with Crippen molar-refractivity contribution in [1.82, 2.24) is 0 Å². The Hall–Kier alpha value is -1.18. The minimum absolute atomic E-state index is 0.559. The van der Waals surface area contributed by atoms with E-state index in [1.165, 1.54) is 25.7 Å². The minimum atomic E-state index is 0.559. The lowest BCUT2D eigenvalue weighted by Gasteiger charge is -2.18. The molecule has 1 aromatic carbocycles. The van der Waals surface area contributed by atoms with E-state index in [1.54, 1.807) is 0 Å². The van der Waals surface area contributed by atoms with Crippen LogP contribution in [0.15, 0.2) is 24.3 Å². The molecule has 1 saturated carbocycles. The summed E-state index contributed by atoms with van der Waals surface area (Å²) >= 11 is 0. The van der Waals surface area contributed by atoms with Gasteiger partial charge < -0.3 is 10.1 Å². The molecule has 0 heterocycles. The van der Waals surface area contributed by atoms with E-state index in [0.717, 1.165) is 24.0 Å². The second-order valence-corrected chi connectivity index (χ2v) is 6.13. The first kappa shape index (κ1) is 14.2. The van der Waals surface area contributed by atoms with Crippen LogP contribution in [0, 0.1) is 11.8 Å². The molecule has 2 heteroatoms. The molecule has 0 radical (unpaired) electrons. The smallest absolute Gasteiger partial charge is 0.142 e. The molecule has 106 valence electrons. The van der Waals surface area contributed by atoms with Gasteiger partial charge in [-0.2, -0.15) is 0 Å². The van der Waals surface area contributed by atoms with Crippen LogP contribution in [0.25, 0.3) is 0 Å². The summed E-state index contributed by atoms with van der Waals surface area (Å²) in [7, 11) is 0. The van der Waals surface area contributed by atoms with E-state index in [1.807, 2.05) is 6.07 Å². The van der Waals surface area contributed by atoms with Crippen molar-refractivity contribution in [2.75, 3.05) is 11.9 Å². The zero-order chi connectivity index (χ0) is 13.7. The molecule has 2 unspecified atom stereocenters. The van der Waals surface area contributed by atoms with E-state index in [2.05, 4.69) is 44.3 Å². The molecule has 2 nitrogen and oxygen atoms in total. The van der Waals surface area contributed by atoms with E-state index in [-0.39, 0.29) is 0 Å². The predicted octanol–water partition coefficient (Wildman–Crippen LogP) is 4.71. The second kappa shape index (κ2) is 6.83. The average molecular weight is 261 g/mol. The van der Waals surface area contributed by atoms with Gasteiger partial charge in [-0.15, -0.1) is 0 Å². The lowest BCUT2D eigenvalue weighted by molar-refractivity contribution is 0.272. The third-order valence-corrected chi connectivity index (χ3v) is 3.94. The molecule has 1 aromatic rings. The molecule has 0 aliphatic heterocycles. The van der Waals surface area contributed by atoms with Gasteiger partial charge in [-0.25, -0.2) is 0 Å². The summed E-state index contributed by atoms with van der Waals surface area (Å²) in [6, 6.07) is 8.95. The molecule has 0 spiro atoms. The van der Waals surface area contributed by atoms with Gasteiger partial charge in [-0.3, -0.25) is 0 Å². The Morgan fingerprint density at radius 2 is 2.05 bits per heavy atom.